The van der Waals surface area contributed by atoms with Gasteiger partial charge in [0.2, 0.25) is 5.91 Å². The molecule has 1 saturated carbocycles. The maximum atomic E-state index is 12.5. The molecule has 2 fully saturated rings. The molecule has 0 radical (unpaired) electrons. The molecule has 4 amide bonds. The van der Waals surface area contributed by atoms with Gasteiger partial charge in [-0.15, -0.1) is 0 Å². The molecule has 3 N–H and O–H groups in total. The van der Waals surface area contributed by atoms with E-state index >= 15 is 0 Å². The zero-order valence-electron chi connectivity index (χ0n) is 13.3. The molecule has 3 aliphatic rings. The number of urea groups is 1. The summed E-state index contributed by atoms with van der Waals surface area (Å²) in [5.41, 5.74) is 0.532. The first kappa shape index (κ1) is 16.0. The Bertz CT molecular complexity index is 537. The monoisotopic (exact) mass is 320 g/mol. The molecule has 7 heteroatoms. The number of imide groups is 1. The summed E-state index contributed by atoms with van der Waals surface area (Å²) in [7, 11) is 0. The average Bonchev–Trinajstić information content (AvgIpc) is 3.11. The number of nitrogens with one attached hydrogen (secondary N) is 3. The minimum atomic E-state index is -0.687. The second-order valence-corrected chi connectivity index (χ2v) is 6.52. The number of carbonyl (C=O) groups excluding carboxylic acids is 3. The summed E-state index contributed by atoms with van der Waals surface area (Å²) in [5, 5.41) is 8.91. The van der Waals surface area contributed by atoms with Crippen molar-refractivity contribution < 1.29 is 14.4 Å². The van der Waals surface area contributed by atoms with E-state index in [2.05, 4.69) is 22.0 Å². The van der Waals surface area contributed by atoms with Gasteiger partial charge in [-0.25, -0.2) is 4.79 Å². The molecule has 0 bridgehead atoms. The maximum absolute atomic E-state index is 12.5. The lowest BCUT2D eigenvalue weighted by molar-refractivity contribution is -0.131. The van der Waals surface area contributed by atoms with E-state index in [1.807, 2.05) is 0 Å². The lowest BCUT2D eigenvalue weighted by atomic mass is 9.98. The molecule has 0 atom stereocenters. The standard InChI is InChI=1S/C16H24N4O3/c21-13(18-11-12-3-8-17-9-4-12)5-10-20-14(22)16(19-15(20)23)6-1-2-7-16/h3,17H,1-2,4-11H2,(H,18,21)(H,19,23). The summed E-state index contributed by atoms with van der Waals surface area (Å²) in [4.78, 5) is 37.6. The second-order valence-electron chi connectivity index (χ2n) is 6.52. The summed E-state index contributed by atoms with van der Waals surface area (Å²) in [6.07, 6.45) is 6.53. The van der Waals surface area contributed by atoms with Gasteiger partial charge in [0.15, 0.2) is 0 Å². The Morgan fingerprint density at radius 2 is 2.09 bits per heavy atom. The molecule has 7 nitrogen and oxygen atoms in total. The Kier molecular flexibility index (Phi) is 4.66. The van der Waals surface area contributed by atoms with Crippen LogP contribution in [-0.2, 0) is 9.59 Å². The average molecular weight is 320 g/mol. The quantitative estimate of drug-likeness (QED) is 0.501. The van der Waals surface area contributed by atoms with Crippen LogP contribution in [0.1, 0.15) is 38.5 Å². The van der Waals surface area contributed by atoms with Crippen molar-refractivity contribution in [1.29, 1.82) is 0 Å². The molecule has 0 unspecified atom stereocenters. The summed E-state index contributed by atoms with van der Waals surface area (Å²) in [5.74, 6) is -0.286. The molecule has 126 valence electrons. The van der Waals surface area contributed by atoms with E-state index in [9.17, 15) is 14.4 Å². The predicted octanol–water partition coefficient (Wildman–Crippen LogP) is 0.277. The Morgan fingerprint density at radius 1 is 1.30 bits per heavy atom. The zero-order valence-corrected chi connectivity index (χ0v) is 13.3. The highest BCUT2D eigenvalue weighted by molar-refractivity contribution is 6.07. The lowest BCUT2D eigenvalue weighted by Gasteiger charge is -2.20. The van der Waals surface area contributed by atoms with Gasteiger partial charge in [0.25, 0.3) is 5.91 Å². The third kappa shape index (κ3) is 3.39. The van der Waals surface area contributed by atoms with Crippen LogP contribution in [0.25, 0.3) is 0 Å². The lowest BCUT2D eigenvalue weighted by Crippen LogP contribution is -2.44. The van der Waals surface area contributed by atoms with Gasteiger partial charge in [0.1, 0.15) is 5.54 Å². The smallest absolute Gasteiger partial charge is 0.325 e. The van der Waals surface area contributed by atoms with Crippen LogP contribution >= 0.6 is 0 Å². The highest BCUT2D eigenvalue weighted by atomic mass is 16.2. The van der Waals surface area contributed by atoms with E-state index < -0.39 is 5.54 Å². The number of hydrogen-bond acceptors (Lipinski definition) is 4. The van der Waals surface area contributed by atoms with Crippen LogP contribution in [0.4, 0.5) is 4.79 Å². The number of rotatable bonds is 5. The van der Waals surface area contributed by atoms with Gasteiger partial charge in [0.05, 0.1) is 0 Å². The topological polar surface area (TPSA) is 90.5 Å². The fourth-order valence-corrected chi connectivity index (χ4v) is 3.54. The minimum Gasteiger partial charge on any atom is -0.352 e. The number of amides is 4. The van der Waals surface area contributed by atoms with Crippen LogP contribution in [0.2, 0.25) is 0 Å². The normalized spacial score (nSPS) is 23.1. The van der Waals surface area contributed by atoms with Crippen LogP contribution in [0.15, 0.2) is 11.6 Å². The van der Waals surface area contributed by atoms with Crippen LogP contribution in [-0.4, -0.2) is 54.5 Å². The fourth-order valence-electron chi connectivity index (χ4n) is 3.54. The maximum Gasteiger partial charge on any atom is 0.325 e. The van der Waals surface area contributed by atoms with Gasteiger partial charge in [-0.3, -0.25) is 14.5 Å². The van der Waals surface area contributed by atoms with Crippen molar-refractivity contribution in [2.24, 2.45) is 0 Å². The summed E-state index contributed by atoms with van der Waals surface area (Å²) < 4.78 is 0. The molecular weight excluding hydrogens is 296 g/mol. The first-order valence-corrected chi connectivity index (χ1v) is 8.40. The molecule has 1 aliphatic carbocycles. The number of nitrogens with zero attached hydrogens (tertiary/aromatic N) is 1. The van der Waals surface area contributed by atoms with Crippen molar-refractivity contribution in [3.8, 4) is 0 Å². The Labute approximate surface area is 135 Å². The van der Waals surface area contributed by atoms with Crippen LogP contribution in [0.3, 0.4) is 0 Å². The van der Waals surface area contributed by atoms with Crippen molar-refractivity contribution in [2.45, 2.75) is 44.1 Å². The van der Waals surface area contributed by atoms with Crippen LogP contribution in [0.5, 0.6) is 0 Å². The number of carbonyl (C=O) groups is 3. The third-order valence-corrected chi connectivity index (χ3v) is 4.94. The van der Waals surface area contributed by atoms with Crippen molar-refractivity contribution in [3.05, 3.63) is 11.6 Å². The molecule has 0 aromatic carbocycles. The van der Waals surface area contributed by atoms with E-state index in [4.69, 9.17) is 0 Å². The molecule has 0 aromatic heterocycles. The fraction of sp³-hybridized carbons (Fsp3) is 0.688. The van der Waals surface area contributed by atoms with Crippen molar-refractivity contribution in [3.63, 3.8) is 0 Å². The predicted molar refractivity (Wildman–Crippen MR) is 84.6 cm³/mol. The Morgan fingerprint density at radius 3 is 2.78 bits per heavy atom. The molecule has 2 aliphatic heterocycles. The SMILES string of the molecule is O=C(CCN1C(=O)NC2(CCCC2)C1=O)NCC1=CCNCC1. The largest absolute Gasteiger partial charge is 0.352 e. The first-order chi connectivity index (χ1) is 11.1. The Balaban J connectivity index is 1.46. The zero-order chi connectivity index (χ0) is 16.3. The van der Waals surface area contributed by atoms with Gasteiger partial charge in [0, 0.05) is 26.1 Å². The third-order valence-electron chi connectivity index (χ3n) is 4.94. The molecular formula is C16H24N4O3. The molecule has 3 rings (SSSR count). The minimum absolute atomic E-state index is 0.127. The highest BCUT2D eigenvalue weighted by Crippen LogP contribution is 2.34. The van der Waals surface area contributed by atoms with Crippen molar-refractivity contribution in [2.75, 3.05) is 26.2 Å². The van der Waals surface area contributed by atoms with E-state index in [0.717, 1.165) is 32.4 Å². The Hall–Kier alpha value is -1.89. The van der Waals surface area contributed by atoms with Gasteiger partial charge in [-0.05, 0) is 25.8 Å². The van der Waals surface area contributed by atoms with E-state index in [1.165, 1.54) is 10.5 Å². The number of hydrogen-bond donors (Lipinski definition) is 3. The van der Waals surface area contributed by atoms with E-state index in [-0.39, 0.29) is 30.8 Å². The van der Waals surface area contributed by atoms with Crippen molar-refractivity contribution >= 4 is 17.8 Å². The summed E-state index contributed by atoms with van der Waals surface area (Å²) in [6, 6.07) is -0.356. The van der Waals surface area contributed by atoms with Gasteiger partial charge < -0.3 is 16.0 Å². The van der Waals surface area contributed by atoms with Gasteiger partial charge in [-0.2, -0.15) is 0 Å². The molecule has 1 spiro atoms. The summed E-state index contributed by atoms with van der Waals surface area (Å²) >= 11 is 0. The first-order valence-electron chi connectivity index (χ1n) is 8.40. The second kappa shape index (κ2) is 6.70. The highest BCUT2D eigenvalue weighted by Gasteiger charge is 2.52. The van der Waals surface area contributed by atoms with Crippen LogP contribution in [0, 0.1) is 0 Å². The van der Waals surface area contributed by atoms with Crippen molar-refractivity contribution in [1.82, 2.24) is 20.9 Å². The molecule has 1 saturated heterocycles. The van der Waals surface area contributed by atoms with E-state index in [1.54, 1.807) is 0 Å². The van der Waals surface area contributed by atoms with Gasteiger partial charge in [-0.1, -0.05) is 24.5 Å². The molecule has 23 heavy (non-hydrogen) atoms. The van der Waals surface area contributed by atoms with Gasteiger partial charge >= 0.3 is 6.03 Å². The molecule has 0 aromatic rings. The van der Waals surface area contributed by atoms with E-state index in [0.29, 0.717) is 19.4 Å². The molecule has 2 heterocycles. The summed E-state index contributed by atoms with van der Waals surface area (Å²) in [6.45, 7) is 2.48. The van der Waals surface area contributed by atoms with Crippen LogP contribution < -0.4 is 16.0 Å².